The first-order valence-corrected chi connectivity index (χ1v) is 6.03. The maximum absolute atomic E-state index is 12.1. The molecule has 0 saturated carbocycles. The predicted molar refractivity (Wildman–Crippen MR) is 70.4 cm³/mol. The van der Waals surface area contributed by atoms with E-state index in [2.05, 4.69) is 31.2 Å². The zero-order valence-corrected chi connectivity index (χ0v) is 11.1. The minimum Gasteiger partial charge on any atom is -0.465 e. The number of carboxylic acid groups (broad SMARTS) is 1. The van der Waals surface area contributed by atoms with Crippen molar-refractivity contribution in [3.05, 3.63) is 37.6 Å². The molecule has 19 heavy (non-hydrogen) atoms. The highest BCUT2D eigenvalue weighted by Crippen LogP contribution is 2.11. The molecule has 9 heteroatoms. The second-order valence-corrected chi connectivity index (χ2v) is 4.58. The van der Waals surface area contributed by atoms with Crippen LogP contribution in [0.3, 0.4) is 0 Å². The van der Waals surface area contributed by atoms with Crippen LogP contribution in [0.5, 0.6) is 0 Å². The van der Waals surface area contributed by atoms with E-state index in [-0.39, 0.29) is 24.1 Å². The highest BCUT2D eigenvalue weighted by atomic mass is 79.9. The Hall–Kier alpha value is -2.16. The van der Waals surface area contributed by atoms with Crippen LogP contribution in [-0.2, 0) is 6.54 Å². The first-order valence-electron chi connectivity index (χ1n) is 5.24. The standard InChI is InChI=1S/C10H9BrN4O4/c11-5-3-6-7(13-4-5)14-9(17)15(8(6)16)2-1-12-10(18)19/h3-4,12H,1-2H2,(H,18,19)(H,13,14,17). The average molecular weight is 329 g/mol. The Bertz CT molecular complexity index is 751. The van der Waals surface area contributed by atoms with E-state index in [0.29, 0.717) is 4.47 Å². The first-order chi connectivity index (χ1) is 8.99. The van der Waals surface area contributed by atoms with E-state index < -0.39 is 17.3 Å². The minimum absolute atomic E-state index is 0.0364. The first kappa shape index (κ1) is 13.3. The van der Waals surface area contributed by atoms with Gasteiger partial charge in [-0.05, 0) is 22.0 Å². The highest BCUT2D eigenvalue weighted by molar-refractivity contribution is 9.10. The van der Waals surface area contributed by atoms with Crippen molar-refractivity contribution in [2.45, 2.75) is 6.54 Å². The van der Waals surface area contributed by atoms with Gasteiger partial charge in [-0.1, -0.05) is 0 Å². The topological polar surface area (TPSA) is 117 Å². The van der Waals surface area contributed by atoms with Crippen molar-refractivity contribution in [2.75, 3.05) is 6.54 Å². The molecule has 2 aromatic rings. The number of nitrogens with zero attached hydrogens (tertiary/aromatic N) is 2. The molecule has 100 valence electrons. The van der Waals surface area contributed by atoms with Crippen molar-refractivity contribution < 1.29 is 9.90 Å². The number of nitrogens with one attached hydrogen (secondary N) is 2. The van der Waals surface area contributed by atoms with Gasteiger partial charge in [-0.25, -0.2) is 14.6 Å². The van der Waals surface area contributed by atoms with Crippen LogP contribution in [0.1, 0.15) is 0 Å². The van der Waals surface area contributed by atoms with E-state index in [9.17, 15) is 14.4 Å². The van der Waals surface area contributed by atoms with E-state index in [4.69, 9.17) is 5.11 Å². The number of aromatic amines is 1. The van der Waals surface area contributed by atoms with Gasteiger partial charge in [0.1, 0.15) is 5.65 Å². The van der Waals surface area contributed by atoms with Crippen LogP contribution in [0.15, 0.2) is 26.3 Å². The lowest BCUT2D eigenvalue weighted by atomic mass is 10.3. The molecule has 0 radical (unpaired) electrons. The summed E-state index contributed by atoms with van der Waals surface area (Å²) < 4.78 is 1.53. The minimum atomic E-state index is -1.21. The van der Waals surface area contributed by atoms with Crippen LogP contribution in [0.25, 0.3) is 11.0 Å². The zero-order valence-electron chi connectivity index (χ0n) is 9.51. The molecular formula is C10H9BrN4O4. The summed E-state index contributed by atoms with van der Waals surface area (Å²) >= 11 is 3.19. The number of rotatable bonds is 3. The van der Waals surface area contributed by atoms with Crippen molar-refractivity contribution in [1.82, 2.24) is 19.9 Å². The molecular weight excluding hydrogens is 320 g/mol. The molecule has 0 unspecified atom stereocenters. The van der Waals surface area contributed by atoms with Gasteiger partial charge in [0.05, 0.1) is 5.39 Å². The highest BCUT2D eigenvalue weighted by Gasteiger charge is 2.09. The number of H-pyrrole nitrogens is 1. The van der Waals surface area contributed by atoms with Crippen LogP contribution in [-0.4, -0.2) is 32.3 Å². The van der Waals surface area contributed by atoms with E-state index in [1.165, 1.54) is 6.20 Å². The molecule has 0 saturated heterocycles. The van der Waals surface area contributed by atoms with Gasteiger partial charge in [-0.3, -0.25) is 14.3 Å². The average Bonchev–Trinajstić information content (AvgIpc) is 2.34. The maximum atomic E-state index is 12.1. The molecule has 0 aliphatic heterocycles. The molecule has 2 heterocycles. The molecule has 2 rings (SSSR count). The van der Waals surface area contributed by atoms with Crippen LogP contribution in [0.2, 0.25) is 0 Å². The molecule has 0 bridgehead atoms. The van der Waals surface area contributed by atoms with E-state index in [1.807, 2.05) is 0 Å². The summed E-state index contributed by atoms with van der Waals surface area (Å²) in [6.45, 7) is -0.0891. The summed E-state index contributed by atoms with van der Waals surface area (Å²) in [5, 5.41) is 10.8. The van der Waals surface area contributed by atoms with Gasteiger partial charge in [0.15, 0.2) is 0 Å². The van der Waals surface area contributed by atoms with Crippen molar-refractivity contribution in [1.29, 1.82) is 0 Å². The van der Waals surface area contributed by atoms with Crippen LogP contribution >= 0.6 is 15.9 Å². The van der Waals surface area contributed by atoms with Crippen molar-refractivity contribution >= 4 is 33.1 Å². The Morgan fingerprint density at radius 1 is 1.53 bits per heavy atom. The smallest absolute Gasteiger partial charge is 0.404 e. The van der Waals surface area contributed by atoms with Gasteiger partial charge < -0.3 is 10.4 Å². The van der Waals surface area contributed by atoms with E-state index in [1.54, 1.807) is 6.07 Å². The maximum Gasteiger partial charge on any atom is 0.404 e. The number of carbonyl (C=O) groups is 1. The fraction of sp³-hybridized carbons (Fsp3) is 0.200. The van der Waals surface area contributed by atoms with E-state index in [0.717, 1.165) is 4.57 Å². The summed E-state index contributed by atoms with van der Waals surface area (Å²) in [6, 6.07) is 1.54. The summed E-state index contributed by atoms with van der Waals surface area (Å²) in [5.74, 6) is 0. The van der Waals surface area contributed by atoms with E-state index >= 15 is 0 Å². The molecule has 0 atom stereocenters. The van der Waals surface area contributed by atoms with Crippen molar-refractivity contribution in [2.24, 2.45) is 0 Å². The molecule has 0 fully saturated rings. The van der Waals surface area contributed by atoms with Crippen LogP contribution in [0, 0.1) is 0 Å². The fourth-order valence-electron chi connectivity index (χ4n) is 1.59. The molecule has 3 N–H and O–H groups in total. The molecule has 1 amide bonds. The molecule has 2 aromatic heterocycles. The second-order valence-electron chi connectivity index (χ2n) is 3.67. The summed E-state index contributed by atoms with van der Waals surface area (Å²) in [6.07, 6.45) is 0.253. The fourth-order valence-corrected chi connectivity index (χ4v) is 1.92. The number of pyridine rings is 1. The quantitative estimate of drug-likeness (QED) is 0.739. The van der Waals surface area contributed by atoms with Crippen LogP contribution in [0.4, 0.5) is 4.79 Å². The summed E-state index contributed by atoms with van der Waals surface area (Å²) in [4.78, 5) is 40.5. The third kappa shape index (κ3) is 2.81. The van der Waals surface area contributed by atoms with Gasteiger partial charge >= 0.3 is 11.8 Å². The monoisotopic (exact) mass is 328 g/mol. The molecule has 0 spiro atoms. The molecule has 0 aliphatic carbocycles. The molecule has 0 aliphatic rings. The van der Waals surface area contributed by atoms with Gasteiger partial charge in [-0.15, -0.1) is 0 Å². The lowest BCUT2D eigenvalue weighted by Crippen LogP contribution is -2.39. The number of hydrogen-bond acceptors (Lipinski definition) is 4. The number of aromatic nitrogens is 3. The number of amides is 1. The Balaban J connectivity index is 2.46. The lowest BCUT2D eigenvalue weighted by molar-refractivity contribution is 0.194. The Labute approximate surface area is 114 Å². The van der Waals surface area contributed by atoms with Crippen LogP contribution < -0.4 is 16.6 Å². The van der Waals surface area contributed by atoms with Crippen molar-refractivity contribution in [3.8, 4) is 0 Å². The number of fused-ring (bicyclic) bond motifs is 1. The van der Waals surface area contributed by atoms with Crippen molar-refractivity contribution in [3.63, 3.8) is 0 Å². The SMILES string of the molecule is O=C(O)NCCn1c(=O)[nH]c2ncc(Br)cc2c1=O. The molecule has 8 nitrogen and oxygen atoms in total. The zero-order chi connectivity index (χ0) is 14.0. The third-order valence-corrected chi connectivity index (χ3v) is 2.85. The number of halogens is 1. The van der Waals surface area contributed by atoms with Gasteiger partial charge in [-0.2, -0.15) is 0 Å². The van der Waals surface area contributed by atoms with Gasteiger partial charge in [0.2, 0.25) is 0 Å². The normalized spacial score (nSPS) is 10.6. The lowest BCUT2D eigenvalue weighted by Gasteiger charge is -2.06. The summed E-state index contributed by atoms with van der Waals surface area (Å²) in [5.41, 5.74) is -0.945. The third-order valence-electron chi connectivity index (χ3n) is 2.41. The Morgan fingerprint density at radius 2 is 2.26 bits per heavy atom. The Kier molecular flexibility index (Phi) is 3.65. The van der Waals surface area contributed by atoms with Gasteiger partial charge in [0.25, 0.3) is 5.56 Å². The van der Waals surface area contributed by atoms with Gasteiger partial charge in [0, 0.05) is 23.8 Å². The number of hydrogen-bond donors (Lipinski definition) is 3. The second kappa shape index (κ2) is 5.22. The Morgan fingerprint density at radius 3 is 2.95 bits per heavy atom. The largest absolute Gasteiger partial charge is 0.465 e. The summed E-state index contributed by atoms with van der Waals surface area (Å²) in [7, 11) is 0. The predicted octanol–water partition coefficient (Wildman–Crippen LogP) is 0.115. The molecule has 0 aromatic carbocycles.